The summed E-state index contributed by atoms with van der Waals surface area (Å²) in [5, 5.41) is 3.45. The fraction of sp³-hybridized carbons (Fsp3) is 0.267. The van der Waals surface area contributed by atoms with E-state index in [-0.39, 0.29) is 11.9 Å². The van der Waals surface area contributed by atoms with Gasteiger partial charge in [0.1, 0.15) is 0 Å². The van der Waals surface area contributed by atoms with Crippen LogP contribution in [0.5, 0.6) is 5.75 Å². The molecule has 0 fully saturated rings. The molecule has 0 radical (unpaired) electrons. The third-order valence-electron chi connectivity index (χ3n) is 3.33. The molecule has 1 atom stereocenters. The van der Waals surface area contributed by atoms with Crippen LogP contribution in [0.3, 0.4) is 0 Å². The van der Waals surface area contributed by atoms with Crippen molar-refractivity contribution in [3.05, 3.63) is 59.7 Å². The van der Waals surface area contributed by atoms with Gasteiger partial charge >= 0.3 is 0 Å². The number of fused-ring (bicyclic) bond motifs is 1. The summed E-state index contributed by atoms with van der Waals surface area (Å²) in [6.45, 7) is 1.28. The van der Waals surface area contributed by atoms with Gasteiger partial charge in [-0.05, 0) is 23.8 Å². The van der Waals surface area contributed by atoms with Crippen LogP contribution in [0.15, 0.2) is 42.7 Å². The molecular weight excluding hydrogens is 243 g/mol. The van der Waals surface area contributed by atoms with Crippen molar-refractivity contribution in [1.82, 2.24) is 10.3 Å². The first-order valence-corrected chi connectivity index (χ1v) is 6.38. The molecule has 0 saturated carbocycles. The largest absolute Gasteiger partial charge is 0.490 e. The maximum absolute atomic E-state index is 13.6. The van der Waals surface area contributed by atoms with Gasteiger partial charge in [-0.3, -0.25) is 4.98 Å². The fourth-order valence-corrected chi connectivity index (χ4v) is 2.34. The molecule has 1 aromatic carbocycles. The Morgan fingerprint density at radius 2 is 2.11 bits per heavy atom. The molecule has 0 unspecified atom stereocenters. The van der Waals surface area contributed by atoms with Gasteiger partial charge < -0.3 is 10.1 Å². The van der Waals surface area contributed by atoms with Gasteiger partial charge in [-0.25, -0.2) is 4.39 Å². The smallest absolute Gasteiger partial charge is 0.165 e. The predicted octanol–water partition coefficient (Wildman–Crippen LogP) is 2.83. The van der Waals surface area contributed by atoms with Crippen LogP contribution >= 0.6 is 0 Å². The lowest BCUT2D eigenvalue weighted by atomic mass is 10.00. The molecule has 2 aromatic rings. The van der Waals surface area contributed by atoms with Crippen LogP contribution in [-0.2, 0) is 6.54 Å². The van der Waals surface area contributed by atoms with Gasteiger partial charge in [0.05, 0.1) is 6.61 Å². The molecule has 98 valence electrons. The molecule has 0 amide bonds. The van der Waals surface area contributed by atoms with Crippen molar-refractivity contribution in [2.75, 3.05) is 6.61 Å². The Kier molecular flexibility index (Phi) is 3.42. The third-order valence-corrected chi connectivity index (χ3v) is 3.33. The van der Waals surface area contributed by atoms with E-state index in [4.69, 9.17) is 4.74 Å². The summed E-state index contributed by atoms with van der Waals surface area (Å²) in [5.41, 5.74) is 2.07. The van der Waals surface area contributed by atoms with E-state index in [0.717, 1.165) is 18.5 Å². The molecule has 0 spiro atoms. The van der Waals surface area contributed by atoms with Gasteiger partial charge in [-0.1, -0.05) is 12.1 Å². The highest BCUT2D eigenvalue weighted by atomic mass is 19.1. The van der Waals surface area contributed by atoms with E-state index in [0.29, 0.717) is 12.4 Å². The molecule has 2 heterocycles. The molecule has 0 aliphatic carbocycles. The van der Waals surface area contributed by atoms with Crippen LogP contribution in [0.2, 0.25) is 0 Å². The highest BCUT2D eigenvalue weighted by Gasteiger charge is 2.23. The molecule has 0 saturated heterocycles. The molecule has 1 aliphatic rings. The van der Waals surface area contributed by atoms with Gasteiger partial charge in [-0.15, -0.1) is 0 Å². The molecule has 4 heteroatoms. The molecule has 0 bridgehead atoms. The maximum atomic E-state index is 13.6. The molecule has 3 nitrogen and oxygen atoms in total. The zero-order valence-corrected chi connectivity index (χ0v) is 10.5. The van der Waals surface area contributed by atoms with E-state index in [1.807, 2.05) is 18.2 Å². The van der Waals surface area contributed by atoms with Crippen molar-refractivity contribution >= 4 is 0 Å². The normalized spacial score (nSPS) is 17.6. The number of halogens is 1. The molecule has 1 aliphatic heterocycles. The van der Waals surface area contributed by atoms with E-state index < -0.39 is 0 Å². The van der Waals surface area contributed by atoms with Crippen molar-refractivity contribution in [3.8, 4) is 5.75 Å². The Bertz CT molecular complexity index is 559. The van der Waals surface area contributed by atoms with Gasteiger partial charge in [0.25, 0.3) is 0 Å². The Morgan fingerprint density at radius 1 is 1.26 bits per heavy atom. The lowest BCUT2D eigenvalue weighted by Crippen LogP contribution is -2.27. The first-order valence-electron chi connectivity index (χ1n) is 6.38. The number of hydrogen-bond donors (Lipinski definition) is 1. The van der Waals surface area contributed by atoms with E-state index in [1.54, 1.807) is 18.5 Å². The minimum atomic E-state index is -0.284. The summed E-state index contributed by atoms with van der Waals surface area (Å²) in [5.74, 6) is 0.105. The second-order valence-electron chi connectivity index (χ2n) is 4.58. The van der Waals surface area contributed by atoms with Crippen LogP contribution in [0, 0.1) is 5.82 Å². The number of rotatable bonds is 3. The summed E-state index contributed by atoms with van der Waals surface area (Å²) in [7, 11) is 0. The molecule has 1 N–H and O–H groups in total. The van der Waals surface area contributed by atoms with Gasteiger partial charge in [0, 0.05) is 37.0 Å². The van der Waals surface area contributed by atoms with Crippen molar-refractivity contribution < 1.29 is 9.13 Å². The monoisotopic (exact) mass is 258 g/mol. The molecule has 1 aromatic heterocycles. The molecular formula is C15H15FN2O. The average molecular weight is 258 g/mol. The number of ether oxygens (including phenoxy) is 1. The summed E-state index contributed by atoms with van der Waals surface area (Å²) >= 11 is 0. The predicted molar refractivity (Wildman–Crippen MR) is 70.3 cm³/mol. The first-order chi connectivity index (χ1) is 9.34. The number of benzene rings is 1. The summed E-state index contributed by atoms with van der Waals surface area (Å²) in [6, 6.07) is 9.15. The topological polar surface area (TPSA) is 34.1 Å². The van der Waals surface area contributed by atoms with E-state index >= 15 is 0 Å². The lowest BCUT2D eigenvalue weighted by Gasteiger charge is -2.27. The minimum absolute atomic E-state index is 0.132. The summed E-state index contributed by atoms with van der Waals surface area (Å²) in [4.78, 5) is 3.99. The summed E-state index contributed by atoms with van der Waals surface area (Å²) in [6.07, 6.45) is 4.39. The summed E-state index contributed by atoms with van der Waals surface area (Å²) < 4.78 is 19.1. The second kappa shape index (κ2) is 5.36. The molecule has 19 heavy (non-hydrogen) atoms. The number of nitrogens with one attached hydrogen (secondary N) is 1. The van der Waals surface area contributed by atoms with Crippen LogP contribution < -0.4 is 10.1 Å². The van der Waals surface area contributed by atoms with Gasteiger partial charge in [-0.2, -0.15) is 0 Å². The van der Waals surface area contributed by atoms with Crippen LogP contribution in [0.1, 0.15) is 23.6 Å². The quantitative estimate of drug-likeness (QED) is 0.919. The standard InChI is InChI=1S/C15H15FN2O/c16-13-3-1-2-12-14(6-9-19-15(12)13)18-10-11-4-7-17-8-5-11/h1-5,7-8,14,18H,6,9-10H2/t14-/m0/s1. The Labute approximate surface area is 111 Å². The number of pyridine rings is 1. The number of hydrogen-bond acceptors (Lipinski definition) is 3. The van der Waals surface area contributed by atoms with Gasteiger partial charge in [0.15, 0.2) is 11.6 Å². The minimum Gasteiger partial charge on any atom is -0.490 e. The van der Waals surface area contributed by atoms with Crippen LogP contribution in [0.4, 0.5) is 4.39 Å². The maximum Gasteiger partial charge on any atom is 0.165 e. The first kappa shape index (κ1) is 12.1. The Morgan fingerprint density at radius 3 is 2.95 bits per heavy atom. The SMILES string of the molecule is Fc1cccc2c1OCC[C@@H]2NCc1ccncc1. The second-order valence-corrected chi connectivity index (χ2v) is 4.58. The highest BCUT2D eigenvalue weighted by Crippen LogP contribution is 2.34. The Hall–Kier alpha value is -1.94. The van der Waals surface area contributed by atoms with E-state index in [9.17, 15) is 4.39 Å². The van der Waals surface area contributed by atoms with Crippen molar-refractivity contribution in [3.63, 3.8) is 0 Å². The third kappa shape index (κ3) is 2.58. The Balaban J connectivity index is 1.75. The van der Waals surface area contributed by atoms with Crippen LogP contribution in [-0.4, -0.2) is 11.6 Å². The van der Waals surface area contributed by atoms with E-state index in [2.05, 4.69) is 10.3 Å². The number of nitrogens with zero attached hydrogens (tertiary/aromatic N) is 1. The number of aromatic nitrogens is 1. The lowest BCUT2D eigenvalue weighted by molar-refractivity contribution is 0.240. The molecule has 3 rings (SSSR count). The number of para-hydroxylation sites is 1. The fourth-order valence-electron chi connectivity index (χ4n) is 2.34. The van der Waals surface area contributed by atoms with Crippen LogP contribution in [0.25, 0.3) is 0 Å². The van der Waals surface area contributed by atoms with Crippen molar-refractivity contribution in [1.29, 1.82) is 0 Å². The van der Waals surface area contributed by atoms with Gasteiger partial charge in [0.2, 0.25) is 0 Å². The zero-order valence-electron chi connectivity index (χ0n) is 10.5. The average Bonchev–Trinajstić information content (AvgIpc) is 2.47. The highest BCUT2D eigenvalue weighted by molar-refractivity contribution is 5.38. The van der Waals surface area contributed by atoms with Crippen molar-refractivity contribution in [2.24, 2.45) is 0 Å². The zero-order chi connectivity index (χ0) is 13.1. The van der Waals surface area contributed by atoms with Crippen molar-refractivity contribution in [2.45, 2.75) is 19.0 Å². The van der Waals surface area contributed by atoms with E-state index in [1.165, 1.54) is 11.6 Å².